The van der Waals surface area contributed by atoms with Gasteiger partial charge in [0.25, 0.3) is 0 Å². The molecular formula is C19H24N4O. The molecule has 2 heterocycles. The summed E-state index contributed by atoms with van der Waals surface area (Å²) in [6.45, 7) is 6.06. The van der Waals surface area contributed by atoms with Gasteiger partial charge < -0.3 is 4.90 Å². The van der Waals surface area contributed by atoms with Gasteiger partial charge in [-0.25, -0.2) is 0 Å². The van der Waals surface area contributed by atoms with Crippen molar-refractivity contribution in [1.82, 2.24) is 20.3 Å². The first-order valence-electron chi connectivity index (χ1n) is 8.80. The zero-order chi connectivity index (χ0) is 16.7. The molecule has 2 aliphatic rings. The Bertz CT molecular complexity index is 751. The molecule has 1 saturated heterocycles. The molecule has 1 fully saturated rings. The van der Waals surface area contributed by atoms with Crippen molar-refractivity contribution >= 4 is 5.91 Å². The highest BCUT2D eigenvalue weighted by atomic mass is 16.2. The SMILES string of the molecule is Cc1ccc([C@]2(C)CCN(C(=O)[C@@H]3CCc4n[nH]nc4C3)C2)cc1. The van der Waals surface area contributed by atoms with E-state index in [9.17, 15) is 4.79 Å². The third-order valence-electron chi connectivity index (χ3n) is 5.76. The van der Waals surface area contributed by atoms with Gasteiger partial charge in [0, 0.05) is 30.8 Å². The topological polar surface area (TPSA) is 61.9 Å². The molecule has 0 bridgehead atoms. The van der Waals surface area contributed by atoms with E-state index in [-0.39, 0.29) is 11.3 Å². The number of nitrogens with one attached hydrogen (secondary N) is 1. The van der Waals surface area contributed by atoms with Gasteiger partial charge in [-0.15, -0.1) is 0 Å². The lowest BCUT2D eigenvalue weighted by Crippen LogP contribution is -2.38. The van der Waals surface area contributed by atoms with E-state index >= 15 is 0 Å². The average molecular weight is 324 g/mol. The number of aromatic nitrogens is 3. The average Bonchev–Trinajstić information content (AvgIpc) is 3.21. The molecule has 0 unspecified atom stereocenters. The number of hydrogen-bond acceptors (Lipinski definition) is 3. The fourth-order valence-electron chi connectivity index (χ4n) is 4.09. The lowest BCUT2D eigenvalue weighted by atomic mass is 9.81. The van der Waals surface area contributed by atoms with E-state index in [0.29, 0.717) is 5.91 Å². The number of rotatable bonds is 2. The lowest BCUT2D eigenvalue weighted by Gasteiger charge is -2.28. The fourth-order valence-corrected chi connectivity index (χ4v) is 4.09. The summed E-state index contributed by atoms with van der Waals surface area (Å²) < 4.78 is 0. The van der Waals surface area contributed by atoms with Crippen molar-refractivity contribution in [3.63, 3.8) is 0 Å². The van der Waals surface area contributed by atoms with Gasteiger partial charge in [0.05, 0.1) is 11.4 Å². The smallest absolute Gasteiger partial charge is 0.226 e. The van der Waals surface area contributed by atoms with Gasteiger partial charge in [-0.05, 0) is 31.7 Å². The summed E-state index contributed by atoms with van der Waals surface area (Å²) in [6, 6.07) is 8.76. The maximum Gasteiger partial charge on any atom is 0.226 e. The molecule has 1 aromatic carbocycles. The molecule has 126 valence electrons. The van der Waals surface area contributed by atoms with Crippen LogP contribution in [0.25, 0.3) is 0 Å². The van der Waals surface area contributed by atoms with Crippen molar-refractivity contribution in [2.24, 2.45) is 5.92 Å². The Morgan fingerprint density at radius 1 is 1.25 bits per heavy atom. The molecule has 2 atom stereocenters. The van der Waals surface area contributed by atoms with Crippen LogP contribution in [0.15, 0.2) is 24.3 Å². The molecule has 1 aromatic heterocycles. The largest absolute Gasteiger partial charge is 0.342 e. The summed E-state index contributed by atoms with van der Waals surface area (Å²) in [4.78, 5) is 15.0. The quantitative estimate of drug-likeness (QED) is 0.923. The number of H-pyrrole nitrogens is 1. The van der Waals surface area contributed by atoms with Crippen molar-refractivity contribution < 1.29 is 4.79 Å². The summed E-state index contributed by atoms with van der Waals surface area (Å²) in [6.07, 6.45) is 3.49. The molecule has 0 saturated carbocycles. The van der Waals surface area contributed by atoms with Gasteiger partial charge in [-0.1, -0.05) is 36.8 Å². The zero-order valence-electron chi connectivity index (χ0n) is 14.4. The molecular weight excluding hydrogens is 300 g/mol. The van der Waals surface area contributed by atoms with Crippen LogP contribution in [0.4, 0.5) is 0 Å². The number of hydrogen-bond donors (Lipinski definition) is 1. The van der Waals surface area contributed by atoms with Gasteiger partial charge in [-0.2, -0.15) is 15.4 Å². The number of carbonyl (C=O) groups excluding carboxylic acids is 1. The molecule has 5 nitrogen and oxygen atoms in total. The molecule has 0 radical (unpaired) electrons. The van der Waals surface area contributed by atoms with Crippen molar-refractivity contribution in [1.29, 1.82) is 0 Å². The van der Waals surface area contributed by atoms with Crippen LogP contribution in [-0.4, -0.2) is 39.3 Å². The Kier molecular flexibility index (Phi) is 3.66. The summed E-state index contributed by atoms with van der Waals surface area (Å²) in [7, 11) is 0. The van der Waals surface area contributed by atoms with E-state index in [0.717, 1.165) is 50.2 Å². The predicted octanol–water partition coefficient (Wildman–Crippen LogP) is 2.41. The summed E-state index contributed by atoms with van der Waals surface area (Å²) >= 11 is 0. The highest BCUT2D eigenvalue weighted by Gasteiger charge is 2.40. The highest BCUT2D eigenvalue weighted by Crippen LogP contribution is 2.36. The normalized spacial score (nSPS) is 26.4. The number of aryl methyl sites for hydroxylation is 2. The second kappa shape index (κ2) is 5.72. The fraction of sp³-hybridized carbons (Fsp3) is 0.526. The van der Waals surface area contributed by atoms with Crippen LogP contribution in [0.2, 0.25) is 0 Å². The first-order chi connectivity index (χ1) is 11.5. The maximum atomic E-state index is 13.0. The standard InChI is InChI=1S/C19H24N4O/c1-13-3-6-15(7-4-13)19(2)9-10-23(12-19)18(24)14-5-8-16-17(11-14)21-22-20-16/h3-4,6-7,14H,5,8-12H2,1-2H3,(H,20,21,22)/t14-,19-/m1/s1. The van der Waals surface area contributed by atoms with Crippen LogP contribution in [-0.2, 0) is 23.1 Å². The number of aromatic amines is 1. The van der Waals surface area contributed by atoms with E-state index in [2.05, 4.69) is 58.4 Å². The van der Waals surface area contributed by atoms with Gasteiger partial charge in [-0.3, -0.25) is 4.79 Å². The molecule has 1 aliphatic heterocycles. The first kappa shape index (κ1) is 15.4. The predicted molar refractivity (Wildman–Crippen MR) is 91.6 cm³/mol. The molecule has 0 spiro atoms. The Labute approximate surface area is 142 Å². The van der Waals surface area contributed by atoms with E-state index in [1.165, 1.54) is 11.1 Å². The van der Waals surface area contributed by atoms with Gasteiger partial charge in [0.2, 0.25) is 5.91 Å². The molecule has 5 heteroatoms. The van der Waals surface area contributed by atoms with Crippen molar-refractivity contribution in [2.75, 3.05) is 13.1 Å². The highest BCUT2D eigenvalue weighted by molar-refractivity contribution is 5.80. The third-order valence-corrected chi connectivity index (χ3v) is 5.76. The lowest BCUT2D eigenvalue weighted by molar-refractivity contribution is -0.135. The van der Waals surface area contributed by atoms with Crippen LogP contribution < -0.4 is 0 Å². The van der Waals surface area contributed by atoms with E-state index in [1.54, 1.807) is 0 Å². The number of fused-ring (bicyclic) bond motifs is 1. The Hall–Kier alpha value is -2.17. The summed E-state index contributed by atoms with van der Waals surface area (Å²) in [5, 5.41) is 11.0. The second-order valence-corrected chi connectivity index (χ2v) is 7.59. The van der Waals surface area contributed by atoms with Crippen molar-refractivity contribution in [2.45, 2.75) is 44.9 Å². The minimum absolute atomic E-state index is 0.0583. The molecule has 1 aliphatic carbocycles. The van der Waals surface area contributed by atoms with Crippen molar-refractivity contribution in [3.8, 4) is 0 Å². The second-order valence-electron chi connectivity index (χ2n) is 7.59. The maximum absolute atomic E-state index is 13.0. The van der Waals surface area contributed by atoms with Crippen molar-refractivity contribution in [3.05, 3.63) is 46.8 Å². The molecule has 1 amide bonds. The number of amides is 1. The molecule has 24 heavy (non-hydrogen) atoms. The Morgan fingerprint density at radius 3 is 2.79 bits per heavy atom. The molecule has 2 aromatic rings. The van der Waals surface area contributed by atoms with Crippen LogP contribution in [0.3, 0.4) is 0 Å². The zero-order valence-corrected chi connectivity index (χ0v) is 14.4. The Balaban J connectivity index is 1.46. The molecule has 4 rings (SSSR count). The summed E-state index contributed by atoms with van der Waals surface area (Å²) in [5.74, 6) is 0.349. The Morgan fingerprint density at radius 2 is 2.00 bits per heavy atom. The minimum Gasteiger partial charge on any atom is -0.342 e. The summed E-state index contributed by atoms with van der Waals surface area (Å²) in [5.41, 5.74) is 4.69. The number of nitrogens with zero attached hydrogens (tertiary/aromatic N) is 3. The van der Waals surface area contributed by atoms with E-state index < -0.39 is 0 Å². The third kappa shape index (κ3) is 2.62. The van der Waals surface area contributed by atoms with Crippen LogP contribution in [0.1, 0.15) is 42.3 Å². The van der Waals surface area contributed by atoms with Gasteiger partial charge in [0.15, 0.2) is 0 Å². The van der Waals surface area contributed by atoms with E-state index in [4.69, 9.17) is 0 Å². The van der Waals surface area contributed by atoms with Crippen LogP contribution in [0.5, 0.6) is 0 Å². The van der Waals surface area contributed by atoms with Gasteiger partial charge >= 0.3 is 0 Å². The minimum atomic E-state index is 0.0583. The monoisotopic (exact) mass is 324 g/mol. The van der Waals surface area contributed by atoms with Crippen LogP contribution in [0, 0.1) is 12.8 Å². The number of carbonyl (C=O) groups is 1. The first-order valence-corrected chi connectivity index (χ1v) is 8.80. The molecule has 1 N–H and O–H groups in total. The van der Waals surface area contributed by atoms with Gasteiger partial charge in [0.1, 0.15) is 0 Å². The van der Waals surface area contributed by atoms with E-state index in [1.807, 2.05) is 0 Å². The number of likely N-dealkylation sites (tertiary alicyclic amines) is 1. The number of benzene rings is 1. The van der Waals surface area contributed by atoms with Crippen LogP contribution >= 0.6 is 0 Å².